The van der Waals surface area contributed by atoms with E-state index in [0.29, 0.717) is 17.8 Å². The molecule has 0 aliphatic heterocycles. The maximum absolute atomic E-state index is 13.4. The Kier molecular flexibility index (Phi) is 4.62. The molecule has 0 spiro atoms. The molecule has 0 aliphatic rings. The summed E-state index contributed by atoms with van der Waals surface area (Å²) in [4.78, 5) is 0. The Morgan fingerprint density at radius 3 is 2.38 bits per heavy atom. The van der Waals surface area contributed by atoms with Crippen LogP contribution in [0.15, 0.2) is 12.1 Å². The van der Waals surface area contributed by atoms with Crippen LogP contribution in [0.25, 0.3) is 0 Å². The van der Waals surface area contributed by atoms with Gasteiger partial charge in [-0.1, -0.05) is 27.5 Å². The van der Waals surface area contributed by atoms with Crippen molar-refractivity contribution in [2.75, 3.05) is 5.33 Å². The van der Waals surface area contributed by atoms with Crippen molar-refractivity contribution in [3.8, 4) is 0 Å². The molecule has 1 aromatic carbocycles. The van der Waals surface area contributed by atoms with Gasteiger partial charge in [0.15, 0.2) is 0 Å². The predicted octanol–water partition coefficient (Wildman–Crippen LogP) is 4.83. The molecule has 0 heterocycles. The molecule has 0 atom stereocenters. The Morgan fingerprint density at radius 1 is 1.25 bits per heavy atom. The molecule has 0 radical (unpaired) electrons. The van der Waals surface area contributed by atoms with Crippen LogP contribution in [-0.4, -0.2) is 5.33 Å². The van der Waals surface area contributed by atoms with Crippen LogP contribution in [0.4, 0.5) is 17.6 Å². The second-order valence-electron chi connectivity index (χ2n) is 3.22. The number of hydrogen-bond acceptors (Lipinski definition) is 0. The van der Waals surface area contributed by atoms with Crippen LogP contribution < -0.4 is 0 Å². The lowest BCUT2D eigenvalue weighted by atomic mass is 10.1. The molecule has 1 rings (SSSR count). The van der Waals surface area contributed by atoms with Crippen molar-refractivity contribution in [2.24, 2.45) is 0 Å². The second-order valence-corrected chi connectivity index (χ2v) is 4.42. The highest BCUT2D eigenvalue weighted by Gasteiger charge is 2.32. The van der Waals surface area contributed by atoms with Gasteiger partial charge in [0.05, 0.1) is 10.6 Å². The monoisotopic (exact) mass is 318 g/mol. The average Bonchev–Trinajstić information content (AvgIpc) is 2.18. The molecule has 6 heteroatoms. The third-order valence-corrected chi connectivity index (χ3v) is 2.85. The van der Waals surface area contributed by atoms with Crippen LogP contribution in [0.2, 0.25) is 5.02 Å². The van der Waals surface area contributed by atoms with Gasteiger partial charge in [-0.3, -0.25) is 0 Å². The molecule has 16 heavy (non-hydrogen) atoms. The lowest BCUT2D eigenvalue weighted by Gasteiger charge is -2.11. The molecule has 1 aromatic rings. The fourth-order valence-corrected chi connectivity index (χ4v) is 1.77. The molecule has 0 fully saturated rings. The van der Waals surface area contributed by atoms with E-state index >= 15 is 0 Å². The van der Waals surface area contributed by atoms with Gasteiger partial charge in [0.2, 0.25) is 0 Å². The van der Waals surface area contributed by atoms with Gasteiger partial charge in [-0.15, -0.1) is 0 Å². The summed E-state index contributed by atoms with van der Waals surface area (Å²) < 4.78 is 50.6. The number of rotatable bonds is 3. The fraction of sp³-hybridized carbons (Fsp3) is 0.400. The minimum atomic E-state index is -4.50. The van der Waals surface area contributed by atoms with E-state index in [-0.39, 0.29) is 12.0 Å². The minimum absolute atomic E-state index is 0.000671. The van der Waals surface area contributed by atoms with Gasteiger partial charge in [0.25, 0.3) is 0 Å². The summed E-state index contributed by atoms with van der Waals surface area (Å²) in [5, 5.41) is 0.111. The van der Waals surface area contributed by atoms with Crippen molar-refractivity contribution in [1.82, 2.24) is 0 Å². The molecule has 90 valence electrons. The second kappa shape index (κ2) is 5.36. The first kappa shape index (κ1) is 13.8. The summed E-state index contributed by atoms with van der Waals surface area (Å²) in [5.41, 5.74) is -0.914. The summed E-state index contributed by atoms with van der Waals surface area (Å²) in [6.07, 6.45) is -3.73. The number of benzene rings is 1. The Bertz CT molecular complexity index is 376. The highest BCUT2D eigenvalue weighted by Crippen LogP contribution is 2.33. The average molecular weight is 320 g/mol. The molecule has 0 saturated carbocycles. The van der Waals surface area contributed by atoms with Crippen LogP contribution >= 0.6 is 27.5 Å². The maximum Gasteiger partial charge on any atom is 0.416 e. The smallest absolute Gasteiger partial charge is 0.205 e. The predicted molar refractivity (Wildman–Crippen MR) is 58.5 cm³/mol. The van der Waals surface area contributed by atoms with Crippen LogP contribution in [0.3, 0.4) is 0 Å². The van der Waals surface area contributed by atoms with Gasteiger partial charge in [-0.25, -0.2) is 4.39 Å². The standard InChI is InChI=1S/C10H8BrClF4/c11-3-1-2-6-4-7(10(14,15)16)5-8(12)9(6)13/h4-5H,1-3H2. The molecule has 0 N–H and O–H groups in total. The zero-order valence-electron chi connectivity index (χ0n) is 8.04. The van der Waals surface area contributed by atoms with E-state index in [1.165, 1.54) is 0 Å². The summed E-state index contributed by atoms with van der Waals surface area (Å²) in [5.74, 6) is -0.768. The zero-order chi connectivity index (χ0) is 12.3. The van der Waals surface area contributed by atoms with Gasteiger partial charge in [-0.2, -0.15) is 13.2 Å². The van der Waals surface area contributed by atoms with Crippen molar-refractivity contribution in [3.63, 3.8) is 0 Å². The van der Waals surface area contributed by atoms with E-state index in [1.807, 2.05) is 0 Å². The van der Waals surface area contributed by atoms with E-state index in [0.717, 1.165) is 6.07 Å². The number of halogens is 6. The van der Waals surface area contributed by atoms with E-state index in [9.17, 15) is 17.6 Å². The lowest BCUT2D eigenvalue weighted by Crippen LogP contribution is -2.07. The molecule has 0 unspecified atom stereocenters. The SMILES string of the molecule is Fc1c(Cl)cc(C(F)(F)F)cc1CCCBr. The topological polar surface area (TPSA) is 0 Å². The number of alkyl halides is 4. The van der Waals surface area contributed by atoms with E-state index in [2.05, 4.69) is 15.9 Å². The molecule has 0 nitrogen and oxygen atoms in total. The van der Waals surface area contributed by atoms with Gasteiger partial charge in [0, 0.05) is 5.33 Å². The Balaban J connectivity index is 3.12. The maximum atomic E-state index is 13.4. The van der Waals surface area contributed by atoms with E-state index in [1.54, 1.807) is 0 Å². The fourth-order valence-electron chi connectivity index (χ4n) is 1.25. The summed E-state index contributed by atoms with van der Waals surface area (Å²) in [7, 11) is 0. The van der Waals surface area contributed by atoms with Crippen molar-refractivity contribution in [1.29, 1.82) is 0 Å². The molecule has 0 aromatic heterocycles. The Labute approximate surface area is 104 Å². The van der Waals surface area contributed by atoms with Crippen molar-refractivity contribution in [3.05, 3.63) is 34.1 Å². The molecule has 0 bridgehead atoms. The quantitative estimate of drug-likeness (QED) is 0.553. The summed E-state index contributed by atoms with van der Waals surface area (Å²) in [6.45, 7) is 0. The van der Waals surface area contributed by atoms with Crippen LogP contribution in [0, 0.1) is 5.82 Å². The number of hydrogen-bond donors (Lipinski definition) is 0. The normalized spacial score (nSPS) is 11.9. The molecule has 0 saturated heterocycles. The summed E-state index contributed by atoms with van der Waals surface area (Å²) in [6, 6.07) is 1.42. The van der Waals surface area contributed by atoms with Crippen molar-refractivity contribution >= 4 is 27.5 Å². The summed E-state index contributed by atoms with van der Waals surface area (Å²) >= 11 is 8.55. The first-order valence-electron chi connectivity index (χ1n) is 4.47. The zero-order valence-corrected chi connectivity index (χ0v) is 10.4. The Hall–Kier alpha value is -0.290. The molecular weight excluding hydrogens is 311 g/mol. The van der Waals surface area contributed by atoms with Gasteiger partial charge in [0.1, 0.15) is 5.82 Å². The minimum Gasteiger partial charge on any atom is -0.205 e. The van der Waals surface area contributed by atoms with E-state index in [4.69, 9.17) is 11.6 Å². The highest BCUT2D eigenvalue weighted by atomic mass is 79.9. The first-order chi connectivity index (χ1) is 7.36. The van der Waals surface area contributed by atoms with Crippen LogP contribution in [0.5, 0.6) is 0 Å². The lowest BCUT2D eigenvalue weighted by molar-refractivity contribution is -0.137. The largest absolute Gasteiger partial charge is 0.416 e. The number of aryl methyl sites for hydroxylation is 1. The third kappa shape index (κ3) is 3.35. The van der Waals surface area contributed by atoms with Gasteiger partial charge < -0.3 is 0 Å². The third-order valence-electron chi connectivity index (χ3n) is 2.01. The molecule has 0 aliphatic carbocycles. The van der Waals surface area contributed by atoms with Gasteiger partial charge >= 0.3 is 6.18 Å². The van der Waals surface area contributed by atoms with Crippen molar-refractivity contribution in [2.45, 2.75) is 19.0 Å². The highest BCUT2D eigenvalue weighted by molar-refractivity contribution is 9.09. The first-order valence-corrected chi connectivity index (χ1v) is 5.97. The van der Waals surface area contributed by atoms with Crippen LogP contribution in [0.1, 0.15) is 17.5 Å². The van der Waals surface area contributed by atoms with Crippen molar-refractivity contribution < 1.29 is 17.6 Å². The van der Waals surface area contributed by atoms with Crippen LogP contribution in [-0.2, 0) is 12.6 Å². The van der Waals surface area contributed by atoms with Gasteiger partial charge in [-0.05, 0) is 30.5 Å². The molecular formula is C10H8BrClF4. The molecule has 0 amide bonds. The Morgan fingerprint density at radius 2 is 1.88 bits per heavy atom. The van der Waals surface area contributed by atoms with E-state index < -0.39 is 22.6 Å².